The molecule has 26 heavy (non-hydrogen) atoms. The van der Waals surface area contributed by atoms with Gasteiger partial charge in [0.25, 0.3) is 0 Å². The first-order chi connectivity index (χ1) is 12.4. The van der Waals surface area contributed by atoms with Crippen LogP contribution in [0.5, 0.6) is 0 Å². The third kappa shape index (κ3) is 4.35. The van der Waals surface area contributed by atoms with Crippen molar-refractivity contribution in [1.29, 1.82) is 0 Å². The summed E-state index contributed by atoms with van der Waals surface area (Å²) in [4.78, 5) is 6.37. The molecule has 1 aliphatic rings. The van der Waals surface area contributed by atoms with Gasteiger partial charge in [-0.15, -0.1) is 0 Å². The number of sulfone groups is 1. The summed E-state index contributed by atoms with van der Waals surface area (Å²) in [6, 6.07) is 1.91. The topological polar surface area (TPSA) is 81.2 Å². The van der Waals surface area contributed by atoms with E-state index >= 15 is 0 Å². The highest BCUT2D eigenvalue weighted by molar-refractivity contribution is 7.90. The number of aromatic nitrogens is 3. The van der Waals surface area contributed by atoms with Crippen molar-refractivity contribution in [2.24, 2.45) is 5.92 Å². The lowest BCUT2D eigenvalue weighted by molar-refractivity contribution is 0.229. The Kier molecular flexibility index (Phi) is 5.82. The van der Waals surface area contributed by atoms with Gasteiger partial charge < -0.3 is 9.09 Å². The molecular weight excluding hydrogens is 352 g/mol. The van der Waals surface area contributed by atoms with Gasteiger partial charge >= 0.3 is 0 Å². The average molecular weight is 381 g/mol. The van der Waals surface area contributed by atoms with Crippen molar-refractivity contribution in [3.05, 3.63) is 29.9 Å². The van der Waals surface area contributed by atoms with Gasteiger partial charge in [0.1, 0.15) is 12.0 Å². The fourth-order valence-corrected chi connectivity index (χ4v) is 4.53. The first-order valence-electron chi connectivity index (χ1n) is 9.21. The van der Waals surface area contributed by atoms with Gasteiger partial charge in [0, 0.05) is 25.4 Å². The standard InChI is InChI=1S/C18H28N4O3S/c1-14(17-9-10-25-20-17)21(2)13-16-11-19-18(26(3,23)24)22(16)12-15-7-5-4-6-8-15/h9-11,14-15H,4-8,12-13H2,1-3H3. The lowest BCUT2D eigenvalue weighted by Crippen LogP contribution is -2.26. The van der Waals surface area contributed by atoms with E-state index in [9.17, 15) is 8.42 Å². The van der Waals surface area contributed by atoms with Gasteiger partial charge in [0.15, 0.2) is 0 Å². The Hall–Kier alpha value is -1.67. The molecule has 0 spiro atoms. The van der Waals surface area contributed by atoms with Crippen molar-refractivity contribution in [2.45, 2.75) is 63.3 Å². The Balaban J connectivity index is 1.82. The lowest BCUT2D eigenvalue weighted by atomic mass is 9.89. The van der Waals surface area contributed by atoms with E-state index < -0.39 is 9.84 Å². The van der Waals surface area contributed by atoms with E-state index in [2.05, 4.69) is 22.0 Å². The summed E-state index contributed by atoms with van der Waals surface area (Å²) in [5.41, 5.74) is 1.78. The van der Waals surface area contributed by atoms with E-state index in [0.717, 1.165) is 30.8 Å². The fraction of sp³-hybridized carbons (Fsp3) is 0.667. The molecule has 0 bridgehead atoms. The molecule has 0 N–H and O–H groups in total. The highest BCUT2D eigenvalue weighted by Crippen LogP contribution is 2.28. The molecule has 1 saturated carbocycles. The summed E-state index contributed by atoms with van der Waals surface area (Å²) < 4.78 is 31.2. The number of imidazole rings is 1. The summed E-state index contributed by atoms with van der Waals surface area (Å²) >= 11 is 0. The Labute approximate surface area is 155 Å². The van der Waals surface area contributed by atoms with Crippen molar-refractivity contribution < 1.29 is 12.9 Å². The predicted octanol–water partition coefficient (Wildman–Crippen LogP) is 3.05. The summed E-state index contributed by atoms with van der Waals surface area (Å²) in [7, 11) is -1.36. The van der Waals surface area contributed by atoms with Crippen LogP contribution in [0.1, 0.15) is 56.5 Å². The molecule has 2 aromatic heterocycles. The summed E-state index contributed by atoms with van der Waals surface area (Å²) in [6.07, 6.45) is 10.6. The van der Waals surface area contributed by atoms with Gasteiger partial charge in [-0.05, 0) is 32.7 Å². The first-order valence-corrected chi connectivity index (χ1v) is 11.1. The van der Waals surface area contributed by atoms with Gasteiger partial charge in [-0.2, -0.15) is 0 Å². The van der Waals surface area contributed by atoms with Gasteiger partial charge in [0.05, 0.1) is 17.9 Å². The molecule has 3 rings (SSSR count). The van der Waals surface area contributed by atoms with Crippen LogP contribution < -0.4 is 0 Å². The molecule has 1 fully saturated rings. The van der Waals surface area contributed by atoms with Gasteiger partial charge in [0.2, 0.25) is 15.0 Å². The predicted molar refractivity (Wildman–Crippen MR) is 98.3 cm³/mol. The van der Waals surface area contributed by atoms with Crippen LogP contribution in [0.15, 0.2) is 28.2 Å². The molecule has 0 amide bonds. The van der Waals surface area contributed by atoms with Crippen LogP contribution >= 0.6 is 0 Å². The molecular formula is C18H28N4O3S. The SMILES string of the molecule is CC(c1ccon1)N(C)Cc1cnc(S(C)(=O)=O)n1CC1CCCCC1. The third-order valence-corrected chi connectivity index (χ3v) is 6.35. The van der Waals surface area contributed by atoms with Gasteiger partial charge in [-0.25, -0.2) is 13.4 Å². The van der Waals surface area contributed by atoms with Crippen LogP contribution in [-0.4, -0.2) is 41.3 Å². The average Bonchev–Trinajstić information content (AvgIpc) is 3.25. The largest absolute Gasteiger partial charge is 0.364 e. The first kappa shape index (κ1) is 19.1. The summed E-state index contributed by atoms with van der Waals surface area (Å²) in [5, 5.41) is 4.19. The molecule has 2 heterocycles. The zero-order valence-corrected chi connectivity index (χ0v) is 16.6. The third-order valence-electron chi connectivity index (χ3n) is 5.36. The molecule has 144 valence electrons. The van der Waals surface area contributed by atoms with E-state index in [4.69, 9.17) is 4.52 Å². The minimum atomic E-state index is -3.36. The molecule has 0 saturated heterocycles. The Bertz CT molecular complexity index is 808. The molecule has 8 heteroatoms. The van der Waals surface area contributed by atoms with Crippen LogP contribution in [0.3, 0.4) is 0 Å². The Morgan fingerprint density at radius 1 is 1.35 bits per heavy atom. The van der Waals surface area contributed by atoms with Crippen molar-refractivity contribution in [3.63, 3.8) is 0 Å². The smallest absolute Gasteiger partial charge is 0.227 e. The zero-order valence-electron chi connectivity index (χ0n) is 15.8. The second kappa shape index (κ2) is 7.92. The van der Waals surface area contributed by atoms with Crippen molar-refractivity contribution in [1.82, 2.24) is 19.6 Å². The fourth-order valence-electron chi connectivity index (χ4n) is 3.69. The summed E-state index contributed by atoms with van der Waals surface area (Å²) in [6.45, 7) is 3.38. The van der Waals surface area contributed by atoms with Gasteiger partial charge in [-0.1, -0.05) is 24.4 Å². The van der Waals surface area contributed by atoms with E-state index in [1.165, 1.54) is 25.5 Å². The minimum Gasteiger partial charge on any atom is -0.364 e. The minimum absolute atomic E-state index is 0.0634. The zero-order chi connectivity index (χ0) is 18.7. The van der Waals surface area contributed by atoms with Gasteiger partial charge in [-0.3, -0.25) is 4.90 Å². The highest BCUT2D eigenvalue weighted by atomic mass is 32.2. The monoisotopic (exact) mass is 380 g/mol. The molecule has 7 nitrogen and oxygen atoms in total. The van der Waals surface area contributed by atoms with Crippen molar-refractivity contribution >= 4 is 9.84 Å². The Morgan fingerprint density at radius 3 is 2.69 bits per heavy atom. The van der Waals surface area contributed by atoms with Crippen LogP contribution in [-0.2, 0) is 22.9 Å². The maximum Gasteiger partial charge on any atom is 0.227 e. The van der Waals surface area contributed by atoms with E-state index in [-0.39, 0.29) is 11.2 Å². The van der Waals surface area contributed by atoms with E-state index in [1.54, 1.807) is 12.5 Å². The van der Waals surface area contributed by atoms with Crippen LogP contribution in [0, 0.1) is 5.92 Å². The Morgan fingerprint density at radius 2 is 2.08 bits per heavy atom. The second-order valence-corrected chi connectivity index (χ2v) is 9.34. The number of hydrogen-bond donors (Lipinski definition) is 0. The van der Waals surface area contributed by atoms with Crippen LogP contribution in [0.4, 0.5) is 0 Å². The number of nitrogens with zero attached hydrogens (tertiary/aromatic N) is 4. The van der Waals surface area contributed by atoms with E-state index in [1.807, 2.05) is 17.7 Å². The van der Waals surface area contributed by atoms with Crippen molar-refractivity contribution in [3.8, 4) is 0 Å². The lowest BCUT2D eigenvalue weighted by Gasteiger charge is -2.26. The van der Waals surface area contributed by atoms with Crippen LogP contribution in [0.25, 0.3) is 0 Å². The quantitative estimate of drug-likeness (QED) is 0.734. The second-order valence-electron chi connectivity index (χ2n) is 7.43. The molecule has 0 aliphatic heterocycles. The number of hydrogen-bond acceptors (Lipinski definition) is 6. The normalized spacial score (nSPS) is 17.7. The molecule has 1 aliphatic carbocycles. The maximum atomic E-state index is 12.2. The molecule has 1 unspecified atom stereocenters. The molecule has 0 aromatic carbocycles. The number of rotatable bonds is 7. The highest BCUT2D eigenvalue weighted by Gasteiger charge is 2.24. The van der Waals surface area contributed by atoms with E-state index in [0.29, 0.717) is 12.5 Å². The molecule has 0 radical (unpaired) electrons. The summed E-state index contributed by atoms with van der Waals surface area (Å²) in [5.74, 6) is 0.524. The molecule has 1 atom stereocenters. The maximum absolute atomic E-state index is 12.2. The van der Waals surface area contributed by atoms with Crippen molar-refractivity contribution in [2.75, 3.05) is 13.3 Å². The molecule has 2 aromatic rings. The van der Waals surface area contributed by atoms with Crippen LogP contribution in [0.2, 0.25) is 0 Å².